The van der Waals surface area contributed by atoms with Gasteiger partial charge in [-0.2, -0.15) is 5.10 Å². The Balaban J connectivity index is 2.32. The summed E-state index contributed by atoms with van der Waals surface area (Å²) in [4.78, 5) is 11.7. The van der Waals surface area contributed by atoms with Gasteiger partial charge in [-0.15, -0.1) is 0 Å². The second-order valence-corrected chi connectivity index (χ2v) is 6.62. The molecule has 0 aliphatic heterocycles. The molecule has 0 aliphatic rings. The van der Waals surface area contributed by atoms with E-state index in [-0.39, 0.29) is 5.97 Å². The number of carbonyl (C=O) groups is 1. The molecular formula is C22H29N3O2. The predicted octanol–water partition coefficient (Wildman–Crippen LogP) is 4.56. The maximum absolute atomic E-state index is 11.7. The number of anilines is 1. The number of esters is 1. The maximum atomic E-state index is 11.7. The Bertz CT molecular complexity index is 745. The van der Waals surface area contributed by atoms with E-state index in [1.165, 1.54) is 18.1 Å². The molecule has 27 heavy (non-hydrogen) atoms. The lowest BCUT2D eigenvalue weighted by Gasteiger charge is -2.22. The Morgan fingerprint density at radius 3 is 2.19 bits per heavy atom. The molecule has 0 heterocycles. The van der Waals surface area contributed by atoms with E-state index in [1.807, 2.05) is 24.3 Å². The minimum atomic E-state index is -0.538. The Morgan fingerprint density at radius 2 is 1.70 bits per heavy atom. The quantitative estimate of drug-likeness (QED) is 0.224. The first-order valence-electron chi connectivity index (χ1n) is 9.45. The van der Waals surface area contributed by atoms with Crippen molar-refractivity contribution in [3.63, 3.8) is 0 Å². The van der Waals surface area contributed by atoms with Gasteiger partial charge in [0.1, 0.15) is 0 Å². The highest BCUT2D eigenvalue weighted by molar-refractivity contribution is 5.80. The Labute approximate surface area is 161 Å². The van der Waals surface area contributed by atoms with E-state index in [1.54, 1.807) is 6.21 Å². The standard InChI is InChI=1S/C22H29N3O2/c1-4-6-18-12-19(7-5-2)14-20(13-18)22(27-16(3)26)25-21-10-8-17(9-11-21)15-24-23/h8-15,22,25H,4-7,23H2,1-3H3. The number of hydrogen-bond acceptors (Lipinski definition) is 5. The maximum Gasteiger partial charge on any atom is 0.304 e. The van der Waals surface area contributed by atoms with E-state index in [0.717, 1.165) is 42.5 Å². The predicted molar refractivity (Wildman–Crippen MR) is 111 cm³/mol. The number of benzene rings is 2. The molecule has 0 bridgehead atoms. The lowest BCUT2D eigenvalue weighted by molar-refractivity contribution is -0.145. The second kappa shape index (κ2) is 10.4. The van der Waals surface area contributed by atoms with Crippen molar-refractivity contribution in [2.24, 2.45) is 10.9 Å². The molecule has 1 unspecified atom stereocenters. The highest BCUT2D eigenvalue weighted by Gasteiger charge is 2.16. The van der Waals surface area contributed by atoms with Crippen molar-refractivity contribution >= 4 is 17.9 Å². The summed E-state index contributed by atoms with van der Waals surface area (Å²) in [6, 6.07) is 14.1. The number of carbonyl (C=O) groups excluding carboxylic acids is 1. The third kappa shape index (κ3) is 6.44. The van der Waals surface area contributed by atoms with Crippen LogP contribution in [0.25, 0.3) is 0 Å². The van der Waals surface area contributed by atoms with Crippen LogP contribution in [-0.2, 0) is 22.4 Å². The van der Waals surface area contributed by atoms with Gasteiger partial charge in [-0.1, -0.05) is 57.0 Å². The van der Waals surface area contributed by atoms with Gasteiger partial charge >= 0.3 is 5.97 Å². The number of rotatable bonds is 9. The van der Waals surface area contributed by atoms with Gasteiger partial charge in [0.25, 0.3) is 0 Å². The zero-order valence-electron chi connectivity index (χ0n) is 16.4. The van der Waals surface area contributed by atoms with Crippen molar-refractivity contribution in [3.05, 3.63) is 64.7 Å². The lowest BCUT2D eigenvalue weighted by atomic mass is 9.99. The smallest absolute Gasteiger partial charge is 0.304 e. The molecule has 0 spiro atoms. The van der Waals surface area contributed by atoms with Crippen LogP contribution in [0, 0.1) is 0 Å². The van der Waals surface area contributed by atoms with Crippen molar-refractivity contribution in [1.29, 1.82) is 0 Å². The summed E-state index contributed by atoms with van der Waals surface area (Å²) in [5, 5.41) is 6.84. The molecule has 144 valence electrons. The van der Waals surface area contributed by atoms with Gasteiger partial charge in [0.05, 0.1) is 6.21 Å². The average molecular weight is 367 g/mol. The second-order valence-electron chi connectivity index (χ2n) is 6.62. The van der Waals surface area contributed by atoms with Gasteiger partial charge in [0.2, 0.25) is 0 Å². The molecule has 0 fully saturated rings. The fourth-order valence-electron chi connectivity index (χ4n) is 3.06. The fraction of sp³-hybridized carbons (Fsp3) is 0.364. The number of hydrazone groups is 1. The Morgan fingerprint density at radius 1 is 1.11 bits per heavy atom. The summed E-state index contributed by atoms with van der Waals surface area (Å²) in [6.45, 7) is 5.76. The van der Waals surface area contributed by atoms with Gasteiger partial charge < -0.3 is 15.9 Å². The molecule has 0 aliphatic carbocycles. The molecule has 2 aromatic rings. The summed E-state index contributed by atoms with van der Waals surface area (Å²) in [7, 11) is 0. The number of nitrogens with one attached hydrogen (secondary N) is 1. The molecule has 5 heteroatoms. The third-order valence-electron chi connectivity index (χ3n) is 4.17. The van der Waals surface area contributed by atoms with Gasteiger partial charge in [-0.05, 0) is 41.7 Å². The number of ether oxygens (including phenoxy) is 1. The number of hydrogen-bond donors (Lipinski definition) is 2. The molecule has 1 atom stereocenters. The molecule has 0 saturated heterocycles. The van der Waals surface area contributed by atoms with Crippen LogP contribution in [0.5, 0.6) is 0 Å². The minimum Gasteiger partial charge on any atom is -0.438 e. The molecule has 3 N–H and O–H groups in total. The summed E-state index contributed by atoms with van der Waals surface area (Å²) >= 11 is 0. The molecule has 0 amide bonds. The first-order chi connectivity index (χ1) is 13.0. The van der Waals surface area contributed by atoms with Crippen molar-refractivity contribution in [2.75, 3.05) is 5.32 Å². The molecule has 0 aromatic heterocycles. The van der Waals surface area contributed by atoms with Gasteiger partial charge in [0, 0.05) is 18.2 Å². The van der Waals surface area contributed by atoms with Crippen LogP contribution in [0.3, 0.4) is 0 Å². The summed E-state index contributed by atoms with van der Waals surface area (Å²) < 4.78 is 5.59. The monoisotopic (exact) mass is 367 g/mol. The van der Waals surface area contributed by atoms with Crippen LogP contribution >= 0.6 is 0 Å². The van der Waals surface area contributed by atoms with Crippen LogP contribution in [-0.4, -0.2) is 12.2 Å². The van der Waals surface area contributed by atoms with Crippen LogP contribution in [0.2, 0.25) is 0 Å². The van der Waals surface area contributed by atoms with E-state index in [0.29, 0.717) is 0 Å². The topological polar surface area (TPSA) is 76.7 Å². The molecular weight excluding hydrogens is 338 g/mol. The van der Waals surface area contributed by atoms with Crippen molar-refractivity contribution in [2.45, 2.75) is 52.7 Å². The zero-order chi connectivity index (χ0) is 19.6. The van der Waals surface area contributed by atoms with Crippen LogP contribution in [0.1, 0.15) is 62.1 Å². The SMILES string of the molecule is CCCc1cc(CCC)cc(C(Nc2ccc(C=NN)cc2)OC(C)=O)c1. The third-order valence-corrected chi connectivity index (χ3v) is 4.17. The highest BCUT2D eigenvalue weighted by Crippen LogP contribution is 2.25. The Hall–Kier alpha value is -2.82. The summed E-state index contributed by atoms with van der Waals surface area (Å²) in [6.07, 6.45) is 5.20. The zero-order valence-corrected chi connectivity index (χ0v) is 16.4. The van der Waals surface area contributed by atoms with E-state index >= 15 is 0 Å². The molecule has 0 radical (unpaired) electrons. The van der Waals surface area contributed by atoms with Crippen molar-refractivity contribution in [3.8, 4) is 0 Å². The minimum absolute atomic E-state index is 0.322. The summed E-state index contributed by atoms with van der Waals surface area (Å²) in [5.74, 6) is 4.86. The van der Waals surface area contributed by atoms with Crippen LogP contribution in [0.15, 0.2) is 47.6 Å². The largest absolute Gasteiger partial charge is 0.438 e. The fourth-order valence-corrected chi connectivity index (χ4v) is 3.06. The molecule has 5 nitrogen and oxygen atoms in total. The first-order valence-corrected chi connectivity index (χ1v) is 9.45. The van der Waals surface area contributed by atoms with Crippen molar-refractivity contribution < 1.29 is 9.53 Å². The number of aryl methyl sites for hydroxylation is 2. The van der Waals surface area contributed by atoms with Crippen LogP contribution in [0.4, 0.5) is 5.69 Å². The first kappa shape index (κ1) is 20.5. The molecule has 2 rings (SSSR count). The number of nitrogens with two attached hydrogens (primary N) is 1. The van der Waals surface area contributed by atoms with Crippen LogP contribution < -0.4 is 11.2 Å². The highest BCUT2D eigenvalue weighted by atomic mass is 16.6. The van der Waals surface area contributed by atoms with E-state index in [2.05, 4.69) is 42.5 Å². The van der Waals surface area contributed by atoms with Crippen molar-refractivity contribution in [1.82, 2.24) is 0 Å². The van der Waals surface area contributed by atoms with E-state index in [4.69, 9.17) is 10.6 Å². The lowest BCUT2D eigenvalue weighted by Crippen LogP contribution is -2.18. The summed E-state index contributed by atoms with van der Waals surface area (Å²) in [5.41, 5.74) is 5.27. The van der Waals surface area contributed by atoms with Gasteiger partial charge in [-0.25, -0.2) is 0 Å². The average Bonchev–Trinajstić information content (AvgIpc) is 2.63. The van der Waals surface area contributed by atoms with E-state index < -0.39 is 6.23 Å². The Kier molecular flexibility index (Phi) is 7.86. The van der Waals surface area contributed by atoms with Gasteiger partial charge in [0.15, 0.2) is 6.23 Å². The number of nitrogens with zero attached hydrogens (tertiary/aromatic N) is 1. The van der Waals surface area contributed by atoms with Gasteiger partial charge in [-0.3, -0.25) is 4.79 Å². The molecule has 2 aromatic carbocycles. The normalized spacial score (nSPS) is 12.1. The van der Waals surface area contributed by atoms with E-state index in [9.17, 15) is 4.79 Å². The molecule has 0 saturated carbocycles.